The number of ketones is 1. The molecule has 1 amide bonds. The highest BCUT2D eigenvalue weighted by atomic mass is 16.7. The minimum atomic E-state index is -1.34. The van der Waals surface area contributed by atoms with Crippen LogP contribution in [-0.2, 0) is 28.6 Å². The zero-order chi connectivity index (χ0) is 31.2. The summed E-state index contributed by atoms with van der Waals surface area (Å²) in [5.41, 5.74) is -0.0335. The number of nitrogens with zero attached hydrogens (tertiary/aromatic N) is 1. The van der Waals surface area contributed by atoms with Crippen LogP contribution in [0, 0.1) is 5.92 Å². The predicted octanol–water partition coefficient (Wildman–Crippen LogP) is 3.32. The predicted molar refractivity (Wildman–Crippen MR) is 155 cm³/mol. The Balaban J connectivity index is 1.45. The van der Waals surface area contributed by atoms with E-state index in [-0.39, 0.29) is 28.9 Å². The number of unbranched alkanes of at least 4 members (excludes halogenated alkanes) is 11. The maximum Gasteiger partial charge on any atom is 0.303 e. The Labute approximate surface area is 250 Å². The lowest BCUT2D eigenvalue weighted by atomic mass is 9.95. The van der Waals surface area contributed by atoms with Crippen LogP contribution in [0.3, 0.4) is 0 Å². The van der Waals surface area contributed by atoms with Gasteiger partial charge in [0.1, 0.15) is 29.6 Å². The third kappa shape index (κ3) is 10.6. The molecule has 0 saturated carbocycles. The van der Waals surface area contributed by atoms with Crippen molar-refractivity contribution in [1.29, 1.82) is 0 Å². The number of rotatable bonds is 19. The van der Waals surface area contributed by atoms with E-state index in [0.29, 0.717) is 6.61 Å². The highest BCUT2D eigenvalue weighted by molar-refractivity contribution is 6.26. The van der Waals surface area contributed by atoms with Crippen LogP contribution >= 0.6 is 0 Å². The van der Waals surface area contributed by atoms with Crippen molar-refractivity contribution in [3.8, 4) is 0 Å². The van der Waals surface area contributed by atoms with Gasteiger partial charge >= 0.3 is 5.97 Å². The molecule has 0 aromatic heterocycles. The average Bonchev–Trinajstić information content (AvgIpc) is 3.15. The molecule has 2 aliphatic heterocycles. The van der Waals surface area contributed by atoms with Crippen LogP contribution < -0.4 is 0 Å². The Morgan fingerprint density at radius 1 is 0.929 bits per heavy atom. The van der Waals surface area contributed by atoms with Gasteiger partial charge in [0.2, 0.25) is 0 Å². The molecule has 0 aromatic carbocycles. The number of likely N-dealkylation sites (N-methyl/N-ethyl adjacent to an activating group) is 1. The van der Waals surface area contributed by atoms with Crippen molar-refractivity contribution < 1.29 is 49.0 Å². The summed E-state index contributed by atoms with van der Waals surface area (Å²) in [6, 6.07) is -0.511. The third-order valence-electron chi connectivity index (χ3n) is 8.40. The molecule has 11 nitrogen and oxygen atoms in total. The van der Waals surface area contributed by atoms with Crippen LogP contribution in [0.15, 0.2) is 11.3 Å². The zero-order valence-electron chi connectivity index (χ0n) is 25.8. The SMILES string of the molecule is CC(=O)O[C@@H]1[C@H](O)[C@H](OCCCCCCCCCCCCCC[C@H](C)C(O)=C2C(=O)[C@H](C)N(C)C2=O)O[C@H](CO)[C@H]1O. The van der Waals surface area contributed by atoms with Crippen molar-refractivity contribution in [3.63, 3.8) is 0 Å². The number of hydrogen-bond donors (Lipinski definition) is 4. The van der Waals surface area contributed by atoms with Gasteiger partial charge in [-0.1, -0.05) is 77.6 Å². The molecule has 0 bridgehead atoms. The van der Waals surface area contributed by atoms with Gasteiger partial charge in [-0.2, -0.15) is 0 Å². The Hall–Kier alpha value is -2.05. The number of aliphatic hydroxyl groups is 4. The highest BCUT2D eigenvalue weighted by Gasteiger charge is 2.47. The van der Waals surface area contributed by atoms with Crippen molar-refractivity contribution in [1.82, 2.24) is 4.90 Å². The topological polar surface area (TPSA) is 163 Å². The standard InChI is InChI=1S/C31H53NO10/c1-20(25(35)24-26(36)21(2)32(4)30(24)39)17-15-13-11-9-7-5-6-8-10-12-14-16-18-40-31-28(38)29(41-22(3)34)27(37)23(19-33)42-31/h20-21,23,27-29,31,33,35,37-38H,5-19H2,1-4H3/t20-,21-,23+,27+,28-,29-,31+/m0/s1. The Kier molecular flexibility index (Phi) is 16.0. The molecule has 2 fully saturated rings. The average molecular weight is 600 g/mol. The van der Waals surface area contributed by atoms with Gasteiger partial charge < -0.3 is 39.5 Å². The van der Waals surface area contributed by atoms with Crippen LogP contribution in [0.1, 0.15) is 104 Å². The molecule has 7 atom stereocenters. The molecular weight excluding hydrogens is 546 g/mol. The molecule has 42 heavy (non-hydrogen) atoms. The maximum absolute atomic E-state index is 12.3. The van der Waals surface area contributed by atoms with Gasteiger partial charge in [0.25, 0.3) is 5.91 Å². The van der Waals surface area contributed by atoms with Gasteiger partial charge in [-0.25, -0.2) is 0 Å². The number of carbonyl (C=O) groups excluding carboxylic acids is 3. The molecule has 2 aliphatic rings. The Bertz CT molecular complexity index is 871. The van der Waals surface area contributed by atoms with Crippen molar-refractivity contribution in [3.05, 3.63) is 11.3 Å². The van der Waals surface area contributed by atoms with E-state index in [2.05, 4.69) is 0 Å². The molecule has 0 aliphatic carbocycles. The molecule has 242 valence electrons. The molecule has 4 N–H and O–H groups in total. The first-order valence-electron chi connectivity index (χ1n) is 15.7. The lowest BCUT2D eigenvalue weighted by Crippen LogP contribution is -2.60. The molecule has 0 spiro atoms. The van der Waals surface area contributed by atoms with Crippen LogP contribution in [0.2, 0.25) is 0 Å². The lowest BCUT2D eigenvalue weighted by molar-refractivity contribution is -0.303. The number of ether oxygens (including phenoxy) is 3. The fourth-order valence-electron chi connectivity index (χ4n) is 5.50. The van der Waals surface area contributed by atoms with Gasteiger partial charge in [-0.3, -0.25) is 14.4 Å². The molecule has 0 aromatic rings. The van der Waals surface area contributed by atoms with E-state index in [9.17, 15) is 34.8 Å². The van der Waals surface area contributed by atoms with Crippen molar-refractivity contribution in [2.24, 2.45) is 5.92 Å². The van der Waals surface area contributed by atoms with Gasteiger partial charge in [0, 0.05) is 26.5 Å². The van der Waals surface area contributed by atoms with Gasteiger partial charge in [0.05, 0.1) is 12.6 Å². The number of amides is 1. The van der Waals surface area contributed by atoms with E-state index in [1.54, 1.807) is 14.0 Å². The number of carbonyl (C=O) groups is 3. The lowest BCUT2D eigenvalue weighted by Gasteiger charge is -2.41. The summed E-state index contributed by atoms with van der Waals surface area (Å²) in [7, 11) is 1.59. The maximum atomic E-state index is 12.3. The summed E-state index contributed by atoms with van der Waals surface area (Å²) in [5.74, 6) is -1.57. The summed E-state index contributed by atoms with van der Waals surface area (Å²) < 4.78 is 16.1. The Morgan fingerprint density at radius 2 is 1.45 bits per heavy atom. The summed E-state index contributed by atoms with van der Waals surface area (Å²) >= 11 is 0. The second-order valence-electron chi connectivity index (χ2n) is 11.8. The largest absolute Gasteiger partial charge is 0.511 e. The summed E-state index contributed by atoms with van der Waals surface area (Å²) in [6.45, 7) is 4.60. The molecule has 2 heterocycles. The molecular formula is C31H53NO10. The minimum Gasteiger partial charge on any atom is -0.511 e. The zero-order valence-corrected chi connectivity index (χ0v) is 25.8. The van der Waals surface area contributed by atoms with Crippen molar-refractivity contribution in [2.75, 3.05) is 20.3 Å². The normalized spacial score (nSPS) is 28.3. The van der Waals surface area contributed by atoms with E-state index in [4.69, 9.17) is 14.2 Å². The monoisotopic (exact) mass is 599 g/mol. The summed E-state index contributed by atoms with van der Waals surface area (Å²) in [4.78, 5) is 37.2. The minimum absolute atomic E-state index is 0.0335. The number of likely N-dealkylation sites (tertiary alicyclic amines) is 1. The fourth-order valence-corrected chi connectivity index (χ4v) is 5.50. The van der Waals surface area contributed by atoms with E-state index < -0.39 is 49.3 Å². The molecule has 2 saturated heterocycles. The molecule has 2 rings (SSSR count). The molecule has 0 radical (unpaired) electrons. The quantitative estimate of drug-likeness (QED) is 0.0569. The van der Waals surface area contributed by atoms with Crippen LogP contribution in [0.25, 0.3) is 0 Å². The second kappa shape index (κ2) is 18.6. The number of hydrogen-bond acceptors (Lipinski definition) is 10. The van der Waals surface area contributed by atoms with Gasteiger partial charge in [-0.05, 0) is 19.8 Å². The van der Waals surface area contributed by atoms with Gasteiger partial charge in [-0.15, -0.1) is 0 Å². The van der Waals surface area contributed by atoms with E-state index >= 15 is 0 Å². The molecule has 11 heteroatoms. The highest BCUT2D eigenvalue weighted by Crippen LogP contribution is 2.27. The first-order valence-corrected chi connectivity index (χ1v) is 15.7. The van der Waals surface area contributed by atoms with E-state index in [1.807, 2.05) is 6.92 Å². The Morgan fingerprint density at radius 3 is 1.93 bits per heavy atom. The second-order valence-corrected chi connectivity index (χ2v) is 11.8. The van der Waals surface area contributed by atoms with Crippen LogP contribution in [-0.4, -0.2) is 100.0 Å². The number of aliphatic hydroxyl groups excluding tert-OH is 4. The van der Waals surface area contributed by atoms with Crippen molar-refractivity contribution >= 4 is 17.7 Å². The molecule has 0 unspecified atom stereocenters. The first kappa shape index (κ1) is 36.1. The smallest absolute Gasteiger partial charge is 0.303 e. The van der Waals surface area contributed by atoms with E-state index in [0.717, 1.165) is 51.4 Å². The number of Topliss-reactive ketones (excluding diaryl/α,β-unsaturated/α-hetero) is 1. The number of allylic oxidation sites excluding steroid dienone is 1. The third-order valence-corrected chi connectivity index (χ3v) is 8.40. The number of esters is 1. The summed E-state index contributed by atoms with van der Waals surface area (Å²) in [6.07, 6.45) is 7.92. The summed E-state index contributed by atoms with van der Waals surface area (Å²) in [5, 5.41) is 40.4. The van der Waals surface area contributed by atoms with Crippen LogP contribution in [0.4, 0.5) is 0 Å². The van der Waals surface area contributed by atoms with Gasteiger partial charge in [0.15, 0.2) is 18.2 Å². The van der Waals surface area contributed by atoms with E-state index in [1.165, 1.54) is 43.9 Å². The van der Waals surface area contributed by atoms with Crippen LogP contribution in [0.5, 0.6) is 0 Å². The van der Waals surface area contributed by atoms with Crippen molar-refractivity contribution in [2.45, 2.75) is 141 Å². The first-order chi connectivity index (χ1) is 20.0. The fraction of sp³-hybridized carbons (Fsp3) is 0.839.